The molecule has 1 N–H and O–H groups in total. The molecule has 2 rings (SSSR count). The largest absolute Gasteiger partial charge is 0.351 e. The lowest BCUT2D eigenvalue weighted by atomic mass is 10.1. The quantitative estimate of drug-likeness (QED) is 0.913. The Hall–Kier alpha value is -2.24. The van der Waals surface area contributed by atoms with Crippen LogP contribution < -0.4 is 5.32 Å². The van der Waals surface area contributed by atoms with Gasteiger partial charge in [0.05, 0.1) is 5.56 Å². The van der Waals surface area contributed by atoms with Crippen molar-refractivity contribution < 1.29 is 13.7 Å². The Balaban J connectivity index is 1.90. The summed E-state index contributed by atoms with van der Waals surface area (Å²) in [7, 11) is 0. The van der Waals surface area contributed by atoms with E-state index >= 15 is 0 Å². The number of nitrogens with one attached hydrogen (secondary N) is 1. The molecule has 0 aliphatic carbocycles. The molecule has 0 atom stereocenters. The van der Waals surface area contributed by atoms with Crippen molar-refractivity contribution in [3.05, 3.63) is 46.9 Å². The van der Waals surface area contributed by atoms with E-state index in [9.17, 15) is 9.18 Å². The number of halogens is 1. The fourth-order valence-electron chi connectivity index (χ4n) is 1.63. The summed E-state index contributed by atoms with van der Waals surface area (Å²) in [6.45, 7) is 3.78. The van der Waals surface area contributed by atoms with Crippen LogP contribution in [0.1, 0.15) is 27.6 Å². The molecular weight excluding hydrogens is 249 g/mol. The number of benzene rings is 1. The van der Waals surface area contributed by atoms with Gasteiger partial charge in [0.2, 0.25) is 5.89 Å². The van der Waals surface area contributed by atoms with Gasteiger partial charge in [0.15, 0.2) is 5.82 Å². The van der Waals surface area contributed by atoms with Crippen molar-refractivity contribution in [2.24, 2.45) is 0 Å². The van der Waals surface area contributed by atoms with Crippen LogP contribution in [0, 0.1) is 19.7 Å². The van der Waals surface area contributed by atoms with Crippen LogP contribution in [0.4, 0.5) is 4.39 Å². The van der Waals surface area contributed by atoms with Crippen LogP contribution in [-0.4, -0.2) is 22.6 Å². The molecule has 5 nitrogen and oxygen atoms in total. The SMILES string of the molecule is Cc1ccc(C(=O)NCCc2noc(C)n2)c(F)c1. The van der Waals surface area contributed by atoms with Crippen LogP contribution in [0.2, 0.25) is 0 Å². The number of carbonyl (C=O) groups excluding carboxylic acids is 1. The first kappa shape index (κ1) is 13.2. The number of amides is 1. The molecule has 1 heterocycles. The molecule has 6 heteroatoms. The molecule has 19 heavy (non-hydrogen) atoms. The predicted molar refractivity (Wildman–Crippen MR) is 66.2 cm³/mol. The van der Waals surface area contributed by atoms with E-state index in [2.05, 4.69) is 15.5 Å². The van der Waals surface area contributed by atoms with E-state index in [0.717, 1.165) is 5.56 Å². The van der Waals surface area contributed by atoms with Gasteiger partial charge in [0, 0.05) is 19.9 Å². The normalized spacial score (nSPS) is 10.5. The van der Waals surface area contributed by atoms with Crippen LogP contribution in [0.15, 0.2) is 22.7 Å². The molecule has 0 fully saturated rings. The molecule has 0 unspecified atom stereocenters. The van der Waals surface area contributed by atoms with Gasteiger partial charge in [-0.1, -0.05) is 11.2 Å². The van der Waals surface area contributed by atoms with E-state index in [0.29, 0.717) is 24.7 Å². The van der Waals surface area contributed by atoms with Crippen LogP contribution in [0.25, 0.3) is 0 Å². The molecule has 0 aliphatic heterocycles. The Kier molecular flexibility index (Phi) is 3.89. The third-order valence-corrected chi connectivity index (χ3v) is 2.57. The smallest absolute Gasteiger partial charge is 0.254 e. The Morgan fingerprint density at radius 2 is 2.21 bits per heavy atom. The van der Waals surface area contributed by atoms with Gasteiger partial charge in [-0.25, -0.2) is 4.39 Å². The maximum absolute atomic E-state index is 13.6. The highest BCUT2D eigenvalue weighted by molar-refractivity contribution is 5.94. The number of rotatable bonds is 4. The first-order valence-electron chi connectivity index (χ1n) is 5.90. The van der Waals surface area contributed by atoms with E-state index in [4.69, 9.17) is 4.52 Å². The third-order valence-electron chi connectivity index (χ3n) is 2.57. The molecule has 0 spiro atoms. The molecule has 1 aromatic heterocycles. The van der Waals surface area contributed by atoms with Gasteiger partial charge in [-0.05, 0) is 24.6 Å². The number of aryl methyl sites for hydroxylation is 2. The monoisotopic (exact) mass is 263 g/mol. The van der Waals surface area contributed by atoms with Crippen molar-refractivity contribution in [3.8, 4) is 0 Å². The second-order valence-electron chi connectivity index (χ2n) is 4.22. The minimum absolute atomic E-state index is 0.0369. The van der Waals surface area contributed by atoms with Gasteiger partial charge in [-0.15, -0.1) is 0 Å². The minimum atomic E-state index is -0.520. The number of nitrogens with zero attached hydrogens (tertiary/aromatic N) is 2. The summed E-state index contributed by atoms with van der Waals surface area (Å²) in [6, 6.07) is 4.50. The van der Waals surface area contributed by atoms with Gasteiger partial charge >= 0.3 is 0 Å². The number of carbonyl (C=O) groups is 1. The minimum Gasteiger partial charge on any atom is -0.351 e. The van der Waals surface area contributed by atoms with E-state index < -0.39 is 11.7 Å². The van der Waals surface area contributed by atoms with Crippen molar-refractivity contribution in [3.63, 3.8) is 0 Å². The lowest BCUT2D eigenvalue weighted by molar-refractivity contribution is 0.0950. The van der Waals surface area contributed by atoms with E-state index in [1.165, 1.54) is 12.1 Å². The van der Waals surface area contributed by atoms with Crippen molar-refractivity contribution in [1.29, 1.82) is 0 Å². The molecule has 0 saturated carbocycles. The maximum atomic E-state index is 13.6. The van der Waals surface area contributed by atoms with Crippen LogP contribution >= 0.6 is 0 Å². The summed E-state index contributed by atoms with van der Waals surface area (Å²) < 4.78 is 18.4. The molecule has 1 aromatic carbocycles. The molecule has 100 valence electrons. The Bertz CT molecular complexity index is 595. The highest BCUT2D eigenvalue weighted by Crippen LogP contribution is 2.09. The lowest BCUT2D eigenvalue weighted by Gasteiger charge is -2.05. The summed E-state index contributed by atoms with van der Waals surface area (Å²) in [5.74, 6) is 0.0266. The zero-order valence-electron chi connectivity index (χ0n) is 10.7. The third kappa shape index (κ3) is 3.37. The maximum Gasteiger partial charge on any atom is 0.254 e. The zero-order valence-corrected chi connectivity index (χ0v) is 10.7. The second-order valence-corrected chi connectivity index (χ2v) is 4.22. The van der Waals surface area contributed by atoms with Crippen molar-refractivity contribution in [2.75, 3.05) is 6.54 Å². The van der Waals surface area contributed by atoms with E-state index in [-0.39, 0.29) is 5.56 Å². The van der Waals surface area contributed by atoms with Crippen molar-refractivity contribution in [2.45, 2.75) is 20.3 Å². The summed E-state index contributed by atoms with van der Waals surface area (Å²) >= 11 is 0. The summed E-state index contributed by atoms with van der Waals surface area (Å²) in [5, 5.41) is 6.32. The molecule has 1 amide bonds. The summed E-state index contributed by atoms with van der Waals surface area (Å²) in [5.41, 5.74) is 0.811. The van der Waals surface area contributed by atoms with Crippen molar-refractivity contribution >= 4 is 5.91 Å². The van der Waals surface area contributed by atoms with E-state index in [1.807, 2.05) is 0 Å². The molecular formula is C13H14FN3O2. The Labute approximate surface area is 109 Å². The van der Waals surface area contributed by atoms with Crippen molar-refractivity contribution in [1.82, 2.24) is 15.5 Å². The Morgan fingerprint density at radius 1 is 1.42 bits per heavy atom. The number of hydrogen-bond donors (Lipinski definition) is 1. The first-order chi connectivity index (χ1) is 9.06. The predicted octanol–water partition coefficient (Wildman–Crippen LogP) is 1.80. The topological polar surface area (TPSA) is 68.0 Å². The van der Waals surface area contributed by atoms with Crippen LogP contribution in [0.5, 0.6) is 0 Å². The van der Waals surface area contributed by atoms with Gasteiger partial charge in [0.1, 0.15) is 5.82 Å². The highest BCUT2D eigenvalue weighted by Gasteiger charge is 2.11. The fraction of sp³-hybridized carbons (Fsp3) is 0.308. The van der Waals surface area contributed by atoms with Gasteiger partial charge < -0.3 is 9.84 Å². The lowest BCUT2D eigenvalue weighted by Crippen LogP contribution is -2.26. The molecule has 0 saturated heterocycles. The van der Waals surface area contributed by atoms with Gasteiger partial charge in [-0.2, -0.15) is 4.98 Å². The molecule has 2 aromatic rings. The van der Waals surface area contributed by atoms with E-state index in [1.54, 1.807) is 19.9 Å². The first-order valence-corrected chi connectivity index (χ1v) is 5.90. The average molecular weight is 263 g/mol. The number of aromatic nitrogens is 2. The second kappa shape index (κ2) is 5.60. The standard InChI is InChI=1S/C13H14FN3O2/c1-8-3-4-10(11(14)7-8)13(18)15-6-5-12-16-9(2)19-17-12/h3-4,7H,5-6H2,1-2H3,(H,15,18). The zero-order chi connectivity index (χ0) is 13.8. The molecule has 0 radical (unpaired) electrons. The molecule has 0 aliphatic rings. The van der Waals surface area contributed by atoms with Gasteiger partial charge in [-0.3, -0.25) is 4.79 Å². The molecule has 0 bridgehead atoms. The van der Waals surface area contributed by atoms with Crippen LogP contribution in [0.3, 0.4) is 0 Å². The van der Waals surface area contributed by atoms with Crippen LogP contribution in [-0.2, 0) is 6.42 Å². The summed E-state index contributed by atoms with van der Waals surface area (Å²) in [4.78, 5) is 15.8. The Morgan fingerprint density at radius 3 is 2.84 bits per heavy atom. The highest BCUT2D eigenvalue weighted by atomic mass is 19.1. The fourth-order valence-corrected chi connectivity index (χ4v) is 1.63. The van der Waals surface area contributed by atoms with Gasteiger partial charge in [0.25, 0.3) is 5.91 Å². The average Bonchev–Trinajstić information content (AvgIpc) is 2.75. The summed E-state index contributed by atoms with van der Waals surface area (Å²) in [6.07, 6.45) is 0.441. The number of hydrogen-bond acceptors (Lipinski definition) is 4.